The number of piperidine rings is 1. The van der Waals surface area contributed by atoms with E-state index in [-0.39, 0.29) is 0 Å². The highest BCUT2D eigenvalue weighted by atomic mass is 19.1. The molecular formula is C10H12FN3. The van der Waals surface area contributed by atoms with Gasteiger partial charge >= 0.3 is 0 Å². The van der Waals surface area contributed by atoms with Crippen LogP contribution in [0.5, 0.6) is 0 Å². The lowest BCUT2D eigenvalue weighted by molar-refractivity contribution is 0.606. The molecule has 0 aromatic carbocycles. The van der Waals surface area contributed by atoms with Crippen molar-refractivity contribution in [3.8, 4) is 0 Å². The quantitative estimate of drug-likeness (QED) is 0.636. The van der Waals surface area contributed by atoms with E-state index < -0.39 is 5.82 Å². The summed E-state index contributed by atoms with van der Waals surface area (Å²) in [5, 5.41) is 0. The second-order valence-electron chi connectivity index (χ2n) is 3.44. The molecule has 1 aliphatic heterocycles. The van der Waals surface area contributed by atoms with Crippen LogP contribution in [0.2, 0.25) is 0 Å². The molecule has 4 heteroatoms. The minimum atomic E-state index is -0.393. The summed E-state index contributed by atoms with van der Waals surface area (Å²) in [6.45, 7) is 5.69. The molecule has 1 aliphatic rings. The van der Waals surface area contributed by atoms with Crippen molar-refractivity contribution in [2.45, 2.75) is 12.8 Å². The van der Waals surface area contributed by atoms with Crippen LogP contribution < -0.4 is 4.90 Å². The summed E-state index contributed by atoms with van der Waals surface area (Å²) in [6.07, 6.45) is 4.35. The predicted molar refractivity (Wildman–Crippen MR) is 52.6 cm³/mol. The standard InChI is InChI=1S/C10H12FN3/c1-8-2-4-14(5-3-8)10-12-6-9(11)7-13-10/h6-7H,1-5H2. The number of rotatable bonds is 1. The van der Waals surface area contributed by atoms with Crippen LogP contribution in [0.1, 0.15) is 12.8 Å². The largest absolute Gasteiger partial charge is 0.340 e. The van der Waals surface area contributed by atoms with Gasteiger partial charge in [0.1, 0.15) is 0 Å². The molecule has 0 bridgehead atoms. The third-order valence-electron chi connectivity index (χ3n) is 2.36. The van der Waals surface area contributed by atoms with Crippen molar-refractivity contribution in [2.75, 3.05) is 18.0 Å². The average Bonchev–Trinajstić information content (AvgIpc) is 2.21. The summed E-state index contributed by atoms with van der Waals surface area (Å²) in [5.41, 5.74) is 1.27. The van der Waals surface area contributed by atoms with Gasteiger partial charge in [0.15, 0.2) is 5.82 Å². The van der Waals surface area contributed by atoms with E-state index in [0.29, 0.717) is 5.95 Å². The van der Waals surface area contributed by atoms with Crippen LogP contribution in [0.3, 0.4) is 0 Å². The highest BCUT2D eigenvalue weighted by Crippen LogP contribution is 2.17. The van der Waals surface area contributed by atoms with Crippen molar-refractivity contribution in [1.82, 2.24) is 9.97 Å². The molecule has 0 spiro atoms. The minimum Gasteiger partial charge on any atom is -0.340 e. The van der Waals surface area contributed by atoms with Gasteiger partial charge in [-0.15, -0.1) is 0 Å². The lowest BCUT2D eigenvalue weighted by atomic mass is 10.1. The van der Waals surface area contributed by atoms with E-state index in [1.165, 1.54) is 18.0 Å². The summed E-state index contributed by atoms with van der Waals surface area (Å²) in [6, 6.07) is 0. The fourth-order valence-corrected chi connectivity index (χ4v) is 1.49. The Morgan fingerprint density at radius 1 is 1.21 bits per heavy atom. The molecule has 0 unspecified atom stereocenters. The number of hydrogen-bond acceptors (Lipinski definition) is 3. The Labute approximate surface area is 82.3 Å². The van der Waals surface area contributed by atoms with Gasteiger partial charge in [0, 0.05) is 13.1 Å². The van der Waals surface area contributed by atoms with Crippen LogP contribution >= 0.6 is 0 Å². The van der Waals surface area contributed by atoms with Crippen LogP contribution in [0.4, 0.5) is 10.3 Å². The van der Waals surface area contributed by atoms with Crippen molar-refractivity contribution in [2.24, 2.45) is 0 Å². The molecule has 0 atom stereocenters. The lowest BCUT2D eigenvalue weighted by Gasteiger charge is -2.27. The first-order valence-electron chi connectivity index (χ1n) is 4.65. The molecule has 1 aromatic rings. The van der Waals surface area contributed by atoms with Gasteiger partial charge in [0.25, 0.3) is 0 Å². The number of hydrogen-bond donors (Lipinski definition) is 0. The molecule has 0 N–H and O–H groups in total. The Bertz CT molecular complexity index is 324. The van der Waals surface area contributed by atoms with Crippen LogP contribution in [-0.4, -0.2) is 23.1 Å². The molecule has 74 valence electrons. The lowest BCUT2D eigenvalue weighted by Crippen LogP contribution is -2.31. The van der Waals surface area contributed by atoms with E-state index in [0.717, 1.165) is 25.9 Å². The molecule has 0 aliphatic carbocycles. The van der Waals surface area contributed by atoms with E-state index in [9.17, 15) is 4.39 Å². The molecular weight excluding hydrogens is 181 g/mol. The second kappa shape index (κ2) is 3.74. The van der Waals surface area contributed by atoms with Crippen LogP contribution in [0, 0.1) is 5.82 Å². The number of halogens is 1. The third kappa shape index (κ3) is 1.89. The second-order valence-corrected chi connectivity index (χ2v) is 3.44. The zero-order valence-corrected chi connectivity index (χ0v) is 7.91. The SMILES string of the molecule is C=C1CCN(c2ncc(F)cn2)CC1. The maximum Gasteiger partial charge on any atom is 0.225 e. The first-order chi connectivity index (χ1) is 6.75. The molecule has 2 heterocycles. The van der Waals surface area contributed by atoms with Crippen LogP contribution in [-0.2, 0) is 0 Å². The molecule has 1 aromatic heterocycles. The van der Waals surface area contributed by atoms with Gasteiger partial charge < -0.3 is 4.90 Å². The van der Waals surface area contributed by atoms with Crippen LogP contribution in [0.15, 0.2) is 24.5 Å². The van der Waals surface area contributed by atoms with E-state index in [4.69, 9.17) is 0 Å². The Balaban J connectivity index is 2.08. The molecule has 0 radical (unpaired) electrons. The van der Waals surface area contributed by atoms with Crippen molar-refractivity contribution in [3.05, 3.63) is 30.4 Å². The molecule has 2 rings (SSSR count). The molecule has 3 nitrogen and oxygen atoms in total. The zero-order chi connectivity index (χ0) is 9.97. The van der Waals surface area contributed by atoms with Crippen molar-refractivity contribution in [1.29, 1.82) is 0 Å². The normalized spacial score (nSPS) is 17.2. The number of nitrogens with zero attached hydrogens (tertiary/aromatic N) is 3. The van der Waals surface area contributed by atoms with Gasteiger partial charge in [0.05, 0.1) is 12.4 Å². The summed E-state index contributed by atoms with van der Waals surface area (Å²) in [7, 11) is 0. The first kappa shape index (κ1) is 9.12. The molecule has 1 saturated heterocycles. The van der Waals surface area contributed by atoms with E-state index in [1.54, 1.807) is 0 Å². The summed E-state index contributed by atoms with van der Waals surface area (Å²) < 4.78 is 12.6. The molecule has 0 saturated carbocycles. The highest BCUT2D eigenvalue weighted by Gasteiger charge is 2.14. The van der Waals surface area contributed by atoms with Gasteiger partial charge in [-0.05, 0) is 12.8 Å². The molecule has 0 amide bonds. The maximum atomic E-state index is 12.6. The van der Waals surface area contributed by atoms with Crippen LogP contribution in [0.25, 0.3) is 0 Å². The van der Waals surface area contributed by atoms with Gasteiger partial charge in [-0.3, -0.25) is 0 Å². The summed E-state index contributed by atoms with van der Waals surface area (Å²) in [5.74, 6) is 0.217. The Morgan fingerprint density at radius 3 is 2.36 bits per heavy atom. The Morgan fingerprint density at radius 2 is 1.79 bits per heavy atom. The first-order valence-corrected chi connectivity index (χ1v) is 4.65. The van der Waals surface area contributed by atoms with Gasteiger partial charge in [-0.25, -0.2) is 14.4 Å². The van der Waals surface area contributed by atoms with Gasteiger partial charge in [-0.2, -0.15) is 0 Å². The monoisotopic (exact) mass is 193 g/mol. The Kier molecular flexibility index (Phi) is 2.43. The van der Waals surface area contributed by atoms with Gasteiger partial charge in [-0.1, -0.05) is 12.2 Å². The Hall–Kier alpha value is -1.45. The van der Waals surface area contributed by atoms with E-state index in [1.807, 2.05) is 4.90 Å². The summed E-state index contributed by atoms with van der Waals surface area (Å²) >= 11 is 0. The van der Waals surface area contributed by atoms with E-state index in [2.05, 4.69) is 16.5 Å². The minimum absolute atomic E-state index is 0.393. The predicted octanol–water partition coefficient (Wildman–Crippen LogP) is 1.77. The maximum absolute atomic E-state index is 12.6. The summed E-state index contributed by atoms with van der Waals surface area (Å²) in [4.78, 5) is 9.92. The van der Waals surface area contributed by atoms with Crippen molar-refractivity contribution < 1.29 is 4.39 Å². The fourth-order valence-electron chi connectivity index (χ4n) is 1.49. The van der Waals surface area contributed by atoms with E-state index >= 15 is 0 Å². The van der Waals surface area contributed by atoms with Gasteiger partial charge in [0.2, 0.25) is 5.95 Å². The number of anilines is 1. The molecule has 14 heavy (non-hydrogen) atoms. The average molecular weight is 193 g/mol. The fraction of sp³-hybridized carbons (Fsp3) is 0.400. The van der Waals surface area contributed by atoms with Crippen molar-refractivity contribution >= 4 is 5.95 Å². The van der Waals surface area contributed by atoms with Crippen molar-refractivity contribution in [3.63, 3.8) is 0 Å². The smallest absolute Gasteiger partial charge is 0.225 e. The zero-order valence-electron chi connectivity index (χ0n) is 7.91. The highest BCUT2D eigenvalue weighted by molar-refractivity contribution is 5.31. The number of aromatic nitrogens is 2. The topological polar surface area (TPSA) is 29.0 Å². The molecule has 1 fully saturated rings. The third-order valence-corrected chi connectivity index (χ3v) is 2.36.